The first kappa shape index (κ1) is 17.8. The van der Waals surface area contributed by atoms with E-state index >= 15 is 0 Å². The van der Waals surface area contributed by atoms with Gasteiger partial charge in [-0.3, -0.25) is 4.57 Å². The first-order chi connectivity index (χ1) is 12.2. The fourth-order valence-electron chi connectivity index (χ4n) is 2.39. The normalized spacial score (nSPS) is 10.6. The van der Waals surface area contributed by atoms with Crippen molar-refractivity contribution in [3.05, 3.63) is 71.2 Å². The van der Waals surface area contributed by atoms with Crippen molar-refractivity contribution in [1.82, 2.24) is 14.8 Å². The van der Waals surface area contributed by atoms with Crippen molar-refractivity contribution >= 4 is 27.7 Å². The van der Waals surface area contributed by atoms with Gasteiger partial charge in [0.2, 0.25) is 0 Å². The monoisotopic (exact) mass is 415 g/mol. The lowest BCUT2D eigenvalue weighted by atomic mass is 10.2. The van der Waals surface area contributed by atoms with E-state index in [2.05, 4.69) is 49.4 Å². The third-order valence-corrected chi connectivity index (χ3v) is 5.20. The fourth-order valence-corrected chi connectivity index (χ4v) is 3.56. The quantitative estimate of drug-likeness (QED) is 0.392. The average molecular weight is 416 g/mol. The predicted molar refractivity (Wildman–Crippen MR) is 106 cm³/mol. The molecule has 0 aliphatic carbocycles. The van der Waals surface area contributed by atoms with E-state index in [-0.39, 0.29) is 0 Å². The lowest BCUT2D eigenvalue weighted by molar-refractivity contribution is 0.415. The van der Waals surface area contributed by atoms with Crippen molar-refractivity contribution in [3.8, 4) is 17.1 Å². The predicted octanol–water partition coefficient (Wildman–Crippen LogP) is 5.19. The van der Waals surface area contributed by atoms with Crippen LogP contribution < -0.4 is 4.74 Å². The van der Waals surface area contributed by atoms with Crippen molar-refractivity contribution in [3.63, 3.8) is 0 Å². The molecule has 1 heterocycles. The number of aromatic nitrogens is 3. The average Bonchev–Trinajstić information content (AvgIpc) is 3.04. The Morgan fingerprint density at radius 3 is 2.72 bits per heavy atom. The Labute approximate surface area is 160 Å². The van der Waals surface area contributed by atoms with E-state index in [0.29, 0.717) is 6.54 Å². The van der Waals surface area contributed by atoms with Crippen LogP contribution in [0, 0.1) is 0 Å². The van der Waals surface area contributed by atoms with Crippen LogP contribution in [0.15, 0.2) is 70.8 Å². The minimum absolute atomic E-state index is 0.655. The van der Waals surface area contributed by atoms with Crippen molar-refractivity contribution < 1.29 is 4.74 Å². The molecule has 1 aromatic heterocycles. The molecule has 0 fully saturated rings. The Bertz CT molecular complexity index is 861. The first-order valence-corrected chi connectivity index (χ1v) is 9.55. The van der Waals surface area contributed by atoms with Crippen LogP contribution in [-0.4, -0.2) is 21.9 Å². The number of hydrogen-bond acceptors (Lipinski definition) is 4. The summed E-state index contributed by atoms with van der Waals surface area (Å²) in [5.74, 6) is 2.45. The van der Waals surface area contributed by atoms with E-state index in [4.69, 9.17) is 4.74 Å². The van der Waals surface area contributed by atoms with Crippen LogP contribution in [0.2, 0.25) is 0 Å². The smallest absolute Gasteiger partial charge is 0.192 e. The molecule has 2 aromatic carbocycles. The van der Waals surface area contributed by atoms with Gasteiger partial charge >= 0.3 is 0 Å². The number of hydrogen-bond donors (Lipinski definition) is 0. The summed E-state index contributed by atoms with van der Waals surface area (Å²) in [4.78, 5) is 0. The Morgan fingerprint density at radius 1 is 1.20 bits per heavy atom. The summed E-state index contributed by atoms with van der Waals surface area (Å²) >= 11 is 5.13. The molecule has 0 N–H and O–H groups in total. The second kappa shape index (κ2) is 8.36. The number of nitrogens with zero attached hydrogens (tertiary/aromatic N) is 3. The molecule has 3 rings (SSSR count). The van der Waals surface area contributed by atoms with Gasteiger partial charge in [0.15, 0.2) is 11.0 Å². The van der Waals surface area contributed by atoms with Gasteiger partial charge in [0, 0.05) is 22.3 Å². The Kier molecular flexibility index (Phi) is 5.94. The SMILES string of the molecule is C=CCn1c(SCc2ccc(Br)cc2)nnc1-c1cccc(OC)c1. The molecule has 0 bridgehead atoms. The molecule has 4 nitrogen and oxygen atoms in total. The van der Waals surface area contributed by atoms with E-state index in [1.165, 1.54) is 5.56 Å². The van der Waals surface area contributed by atoms with Crippen LogP contribution in [0.1, 0.15) is 5.56 Å². The van der Waals surface area contributed by atoms with Gasteiger partial charge in [-0.25, -0.2) is 0 Å². The van der Waals surface area contributed by atoms with Gasteiger partial charge in [-0.1, -0.05) is 58.0 Å². The molecule has 0 saturated carbocycles. The van der Waals surface area contributed by atoms with E-state index < -0.39 is 0 Å². The lowest BCUT2D eigenvalue weighted by Crippen LogP contribution is -2.01. The molecule has 25 heavy (non-hydrogen) atoms. The molecule has 0 saturated heterocycles. The summed E-state index contributed by atoms with van der Waals surface area (Å²) in [6.07, 6.45) is 1.86. The fraction of sp³-hybridized carbons (Fsp3) is 0.158. The minimum Gasteiger partial charge on any atom is -0.497 e. The zero-order valence-electron chi connectivity index (χ0n) is 13.9. The van der Waals surface area contributed by atoms with Gasteiger partial charge in [-0.05, 0) is 29.8 Å². The highest BCUT2D eigenvalue weighted by molar-refractivity contribution is 9.10. The summed E-state index contributed by atoms with van der Waals surface area (Å²) < 4.78 is 8.47. The number of allylic oxidation sites excluding steroid dienone is 1. The Hall–Kier alpha value is -2.05. The number of rotatable bonds is 7. The summed E-state index contributed by atoms with van der Waals surface area (Å²) in [6.45, 7) is 4.51. The molecule has 0 aliphatic rings. The molecule has 0 amide bonds. The van der Waals surface area contributed by atoms with Crippen molar-refractivity contribution in [1.29, 1.82) is 0 Å². The Morgan fingerprint density at radius 2 is 2.00 bits per heavy atom. The molecule has 0 radical (unpaired) electrons. The largest absolute Gasteiger partial charge is 0.497 e. The van der Waals surface area contributed by atoms with Gasteiger partial charge in [0.25, 0.3) is 0 Å². The van der Waals surface area contributed by atoms with Crippen LogP contribution in [0.4, 0.5) is 0 Å². The summed E-state index contributed by atoms with van der Waals surface area (Å²) in [5.41, 5.74) is 2.22. The summed E-state index contributed by atoms with van der Waals surface area (Å²) in [7, 11) is 1.66. The van der Waals surface area contributed by atoms with Crippen molar-refractivity contribution in [2.75, 3.05) is 7.11 Å². The minimum atomic E-state index is 0.655. The standard InChI is InChI=1S/C19H18BrN3OS/c1-3-11-23-18(15-5-4-6-17(12-15)24-2)21-22-19(23)25-13-14-7-9-16(20)10-8-14/h3-10,12H,1,11,13H2,2H3. The van der Waals surface area contributed by atoms with Crippen LogP contribution >= 0.6 is 27.7 Å². The second-order valence-electron chi connectivity index (χ2n) is 5.35. The molecule has 0 spiro atoms. The topological polar surface area (TPSA) is 39.9 Å². The van der Waals surface area contributed by atoms with Crippen LogP contribution in [0.3, 0.4) is 0 Å². The van der Waals surface area contributed by atoms with Gasteiger partial charge < -0.3 is 4.74 Å². The molecule has 0 aliphatic heterocycles. The van der Waals surface area contributed by atoms with Gasteiger partial charge in [-0.15, -0.1) is 16.8 Å². The number of benzene rings is 2. The molecule has 128 valence electrons. The third kappa shape index (κ3) is 4.32. The van der Waals surface area contributed by atoms with Crippen molar-refractivity contribution in [2.24, 2.45) is 0 Å². The van der Waals surface area contributed by atoms with E-state index in [9.17, 15) is 0 Å². The molecule has 3 aromatic rings. The highest BCUT2D eigenvalue weighted by Gasteiger charge is 2.14. The summed E-state index contributed by atoms with van der Waals surface area (Å²) in [6, 6.07) is 16.2. The number of thioether (sulfide) groups is 1. The van der Waals surface area contributed by atoms with E-state index in [1.54, 1.807) is 18.9 Å². The molecular formula is C19H18BrN3OS. The van der Waals surface area contributed by atoms with Gasteiger partial charge in [0.05, 0.1) is 7.11 Å². The van der Waals surface area contributed by atoms with E-state index in [1.807, 2.05) is 42.5 Å². The van der Waals surface area contributed by atoms with Gasteiger partial charge in [0.1, 0.15) is 5.75 Å². The van der Waals surface area contributed by atoms with Crippen LogP contribution in [-0.2, 0) is 12.3 Å². The first-order valence-electron chi connectivity index (χ1n) is 7.77. The molecular weight excluding hydrogens is 398 g/mol. The molecule has 0 atom stereocenters. The highest BCUT2D eigenvalue weighted by atomic mass is 79.9. The van der Waals surface area contributed by atoms with E-state index in [0.717, 1.165) is 32.5 Å². The Balaban J connectivity index is 1.86. The number of ether oxygens (including phenoxy) is 1. The van der Waals surface area contributed by atoms with Gasteiger partial charge in [-0.2, -0.15) is 0 Å². The number of halogens is 1. The maximum Gasteiger partial charge on any atom is 0.192 e. The zero-order valence-corrected chi connectivity index (χ0v) is 16.3. The number of methoxy groups -OCH3 is 1. The zero-order chi connectivity index (χ0) is 17.6. The maximum atomic E-state index is 5.31. The molecule has 0 unspecified atom stereocenters. The van der Waals surface area contributed by atoms with Crippen molar-refractivity contribution in [2.45, 2.75) is 17.5 Å². The second-order valence-corrected chi connectivity index (χ2v) is 7.21. The highest BCUT2D eigenvalue weighted by Crippen LogP contribution is 2.28. The molecule has 6 heteroatoms. The van der Waals surface area contributed by atoms with Crippen LogP contribution in [0.5, 0.6) is 5.75 Å². The summed E-state index contributed by atoms with van der Waals surface area (Å²) in [5, 5.41) is 9.64. The third-order valence-electron chi connectivity index (χ3n) is 3.64. The van der Waals surface area contributed by atoms with Crippen LogP contribution in [0.25, 0.3) is 11.4 Å². The maximum absolute atomic E-state index is 5.31. The lowest BCUT2D eigenvalue weighted by Gasteiger charge is -2.09.